The number of carbonyl (C=O) groups is 2. The van der Waals surface area contributed by atoms with Crippen molar-refractivity contribution in [2.45, 2.75) is 19.4 Å². The van der Waals surface area contributed by atoms with Crippen molar-refractivity contribution in [3.63, 3.8) is 0 Å². The number of rotatable bonds is 3. The number of nitrogens with two attached hydrogens (primary N) is 1. The number of carboxylic acids is 1. The Balaban J connectivity index is 2.38. The summed E-state index contributed by atoms with van der Waals surface area (Å²) in [5, 5.41) is 9.56. The van der Waals surface area contributed by atoms with E-state index in [0.717, 1.165) is 0 Å². The molecule has 1 aromatic rings. The van der Waals surface area contributed by atoms with Gasteiger partial charge in [-0.1, -0.05) is 11.6 Å². The van der Waals surface area contributed by atoms with Crippen molar-refractivity contribution in [3.8, 4) is 0 Å². The molecule has 0 aromatic heterocycles. The number of amides is 1. The Kier molecular flexibility index (Phi) is 3.66. The van der Waals surface area contributed by atoms with Gasteiger partial charge in [0.1, 0.15) is 0 Å². The van der Waals surface area contributed by atoms with Gasteiger partial charge in [-0.25, -0.2) is 0 Å². The highest BCUT2D eigenvalue weighted by molar-refractivity contribution is 6.31. The largest absolute Gasteiger partial charge is 0.481 e. The normalized spacial score (nSPS) is 22.5. The molecule has 1 heterocycles. The molecule has 5 nitrogen and oxygen atoms in total. The van der Waals surface area contributed by atoms with Crippen LogP contribution in [0.15, 0.2) is 18.2 Å². The lowest BCUT2D eigenvalue weighted by Crippen LogP contribution is -2.34. The third-order valence-electron chi connectivity index (χ3n) is 3.61. The first kappa shape index (κ1) is 13.7. The Hall–Kier alpha value is -1.75. The van der Waals surface area contributed by atoms with Crippen molar-refractivity contribution >= 4 is 29.2 Å². The maximum atomic E-state index is 11.5. The number of nitrogens with zero attached hydrogens (tertiary/aromatic N) is 1. The maximum absolute atomic E-state index is 11.5. The van der Waals surface area contributed by atoms with E-state index in [2.05, 4.69) is 0 Å². The molecule has 1 aliphatic rings. The average molecular weight is 283 g/mol. The third kappa shape index (κ3) is 2.51. The first-order chi connectivity index (χ1) is 8.91. The summed E-state index contributed by atoms with van der Waals surface area (Å²) in [6.07, 6.45) is 0.553. The molecule has 102 valence electrons. The van der Waals surface area contributed by atoms with Gasteiger partial charge in [-0.3, -0.25) is 9.59 Å². The van der Waals surface area contributed by atoms with Crippen molar-refractivity contribution in [2.75, 3.05) is 11.4 Å². The SMILES string of the molecule is CC1C(C(=O)O)CCN1c1ccc(Cl)cc1C(N)=O. The summed E-state index contributed by atoms with van der Waals surface area (Å²) >= 11 is 5.86. The summed E-state index contributed by atoms with van der Waals surface area (Å²) < 4.78 is 0. The number of halogens is 1. The highest BCUT2D eigenvalue weighted by Gasteiger charge is 2.36. The Morgan fingerprint density at radius 2 is 2.16 bits per heavy atom. The molecule has 2 rings (SSSR count). The molecular formula is C13H15ClN2O3. The molecule has 0 saturated carbocycles. The van der Waals surface area contributed by atoms with E-state index in [1.807, 2.05) is 11.8 Å². The van der Waals surface area contributed by atoms with Gasteiger partial charge in [0.25, 0.3) is 5.91 Å². The lowest BCUT2D eigenvalue weighted by Gasteiger charge is -2.27. The summed E-state index contributed by atoms with van der Waals surface area (Å²) in [5.74, 6) is -1.82. The molecule has 19 heavy (non-hydrogen) atoms. The van der Waals surface area contributed by atoms with Gasteiger partial charge < -0.3 is 15.7 Å². The molecule has 2 unspecified atom stereocenters. The molecule has 0 bridgehead atoms. The number of carbonyl (C=O) groups excluding carboxylic acids is 1. The van der Waals surface area contributed by atoms with E-state index < -0.39 is 17.8 Å². The van der Waals surface area contributed by atoms with Gasteiger partial charge in [-0.05, 0) is 31.5 Å². The number of hydrogen-bond acceptors (Lipinski definition) is 3. The van der Waals surface area contributed by atoms with Crippen LogP contribution in [0.4, 0.5) is 5.69 Å². The van der Waals surface area contributed by atoms with Crippen molar-refractivity contribution in [1.29, 1.82) is 0 Å². The van der Waals surface area contributed by atoms with Crippen LogP contribution in [0.1, 0.15) is 23.7 Å². The van der Waals surface area contributed by atoms with Crippen LogP contribution in [0, 0.1) is 5.92 Å². The standard InChI is InChI=1S/C13H15ClN2O3/c1-7-9(13(18)19)4-5-16(7)11-3-2-8(14)6-10(11)12(15)17/h2-3,6-7,9H,4-5H2,1H3,(H2,15,17)(H,18,19). The lowest BCUT2D eigenvalue weighted by molar-refractivity contribution is -0.141. The van der Waals surface area contributed by atoms with E-state index in [4.69, 9.17) is 22.4 Å². The van der Waals surface area contributed by atoms with Crippen molar-refractivity contribution in [2.24, 2.45) is 11.7 Å². The number of anilines is 1. The molecule has 2 atom stereocenters. The quantitative estimate of drug-likeness (QED) is 0.884. The Labute approximate surface area is 116 Å². The van der Waals surface area contributed by atoms with E-state index in [1.165, 1.54) is 6.07 Å². The second-order valence-electron chi connectivity index (χ2n) is 4.69. The van der Waals surface area contributed by atoms with E-state index in [0.29, 0.717) is 29.2 Å². The number of benzene rings is 1. The molecule has 1 amide bonds. The predicted molar refractivity (Wildman–Crippen MR) is 72.5 cm³/mol. The van der Waals surface area contributed by atoms with Crippen LogP contribution in [-0.4, -0.2) is 29.6 Å². The number of aliphatic carboxylic acids is 1. The topological polar surface area (TPSA) is 83.6 Å². The number of primary amides is 1. The molecule has 1 fully saturated rings. The Morgan fingerprint density at radius 3 is 2.68 bits per heavy atom. The van der Waals surface area contributed by atoms with Crippen LogP contribution < -0.4 is 10.6 Å². The molecule has 6 heteroatoms. The van der Waals surface area contributed by atoms with Crippen LogP contribution in [-0.2, 0) is 4.79 Å². The van der Waals surface area contributed by atoms with E-state index >= 15 is 0 Å². The summed E-state index contributed by atoms with van der Waals surface area (Å²) in [5.41, 5.74) is 6.32. The van der Waals surface area contributed by atoms with Crippen LogP contribution in [0.5, 0.6) is 0 Å². The van der Waals surface area contributed by atoms with Gasteiger partial charge in [-0.15, -0.1) is 0 Å². The van der Waals surface area contributed by atoms with Gasteiger partial charge in [0, 0.05) is 23.3 Å². The maximum Gasteiger partial charge on any atom is 0.308 e. The molecule has 0 radical (unpaired) electrons. The van der Waals surface area contributed by atoms with E-state index in [1.54, 1.807) is 12.1 Å². The van der Waals surface area contributed by atoms with Gasteiger partial charge >= 0.3 is 5.97 Å². The second kappa shape index (κ2) is 5.09. The summed E-state index contributed by atoms with van der Waals surface area (Å²) in [6.45, 7) is 2.42. The van der Waals surface area contributed by atoms with Gasteiger partial charge in [-0.2, -0.15) is 0 Å². The van der Waals surface area contributed by atoms with Gasteiger partial charge in [0.05, 0.1) is 11.5 Å². The fourth-order valence-electron chi connectivity index (χ4n) is 2.57. The Morgan fingerprint density at radius 1 is 1.47 bits per heavy atom. The highest BCUT2D eigenvalue weighted by Crippen LogP contribution is 2.33. The van der Waals surface area contributed by atoms with Crippen LogP contribution >= 0.6 is 11.6 Å². The lowest BCUT2D eigenvalue weighted by atomic mass is 10.0. The summed E-state index contributed by atoms with van der Waals surface area (Å²) in [4.78, 5) is 24.5. The molecule has 1 saturated heterocycles. The summed E-state index contributed by atoms with van der Waals surface area (Å²) in [6, 6.07) is 4.71. The smallest absolute Gasteiger partial charge is 0.308 e. The third-order valence-corrected chi connectivity index (χ3v) is 3.84. The van der Waals surface area contributed by atoms with Crippen LogP contribution in [0.2, 0.25) is 5.02 Å². The molecule has 1 aliphatic heterocycles. The fourth-order valence-corrected chi connectivity index (χ4v) is 2.74. The zero-order chi connectivity index (χ0) is 14.2. The zero-order valence-corrected chi connectivity index (χ0v) is 11.2. The first-order valence-electron chi connectivity index (χ1n) is 6.00. The number of carboxylic acid groups (broad SMARTS) is 1. The monoisotopic (exact) mass is 282 g/mol. The zero-order valence-electron chi connectivity index (χ0n) is 10.5. The first-order valence-corrected chi connectivity index (χ1v) is 6.38. The highest BCUT2D eigenvalue weighted by atomic mass is 35.5. The van der Waals surface area contributed by atoms with Crippen LogP contribution in [0.3, 0.4) is 0 Å². The van der Waals surface area contributed by atoms with E-state index in [-0.39, 0.29) is 6.04 Å². The molecule has 0 aliphatic carbocycles. The fraction of sp³-hybridized carbons (Fsp3) is 0.385. The van der Waals surface area contributed by atoms with Gasteiger partial charge in [0.2, 0.25) is 0 Å². The predicted octanol–water partition coefficient (Wildman–Crippen LogP) is 1.74. The molecular weight excluding hydrogens is 268 g/mol. The average Bonchev–Trinajstić information content (AvgIpc) is 2.71. The van der Waals surface area contributed by atoms with Gasteiger partial charge in [0.15, 0.2) is 0 Å². The van der Waals surface area contributed by atoms with Crippen LogP contribution in [0.25, 0.3) is 0 Å². The van der Waals surface area contributed by atoms with Crippen molar-refractivity contribution in [3.05, 3.63) is 28.8 Å². The molecule has 0 spiro atoms. The number of hydrogen-bond donors (Lipinski definition) is 2. The Bertz CT molecular complexity index is 533. The molecule has 3 N–H and O–H groups in total. The van der Waals surface area contributed by atoms with Crippen molar-refractivity contribution in [1.82, 2.24) is 0 Å². The molecule has 1 aromatic carbocycles. The minimum Gasteiger partial charge on any atom is -0.481 e. The van der Waals surface area contributed by atoms with Crippen molar-refractivity contribution < 1.29 is 14.7 Å². The van der Waals surface area contributed by atoms with E-state index in [9.17, 15) is 9.59 Å². The summed E-state index contributed by atoms with van der Waals surface area (Å²) in [7, 11) is 0. The minimum absolute atomic E-state index is 0.184. The minimum atomic E-state index is -0.815. The second-order valence-corrected chi connectivity index (χ2v) is 5.13.